The molecule has 0 radical (unpaired) electrons. The first-order valence-corrected chi connectivity index (χ1v) is 13.4. The van der Waals surface area contributed by atoms with Crippen LogP contribution in [0.1, 0.15) is 113 Å². The topological polar surface area (TPSA) is 63.6 Å². The predicted octanol–water partition coefficient (Wildman–Crippen LogP) is 7.17. The molecule has 0 amide bonds. The summed E-state index contributed by atoms with van der Waals surface area (Å²) in [6, 6.07) is 0. The van der Waals surface area contributed by atoms with Crippen LogP contribution in [0.4, 0.5) is 0 Å². The molecule has 0 saturated heterocycles. The van der Waals surface area contributed by atoms with Gasteiger partial charge in [-0.05, 0) is 98.7 Å². The number of allylic oxidation sites excluding steroid dienone is 2. The van der Waals surface area contributed by atoms with Gasteiger partial charge >= 0.3 is 11.9 Å². The lowest BCUT2D eigenvalue weighted by Crippen LogP contribution is -2.61. The Morgan fingerprint density at radius 3 is 2.24 bits per heavy atom. The molecule has 4 aliphatic carbocycles. The molecule has 0 aromatic rings. The average molecular weight is 459 g/mol. The molecule has 1 N–H and O–H groups in total. The predicted molar refractivity (Wildman–Crippen MR) is 131 cm³/mol. The van der Waals surface area contributed by atoms with Crippen LogP contribution in [-0.2, 0) is 14.3 Å². The molecule has 186 valence electrons. The molecule has 0 heterocycles. The number of carbonyl (C=O) groups excluding carboxylic acids is 1. The van der Waals surface area contributed by atoms with E-state index in [2.05, 4.69) is 41.5 Å². The summed E-state index contributed by atoms with van der Waals surface area (Å²) in [6.07, 6.45) is 10.5. The maximum atomic E-state index is 11.8. The van der Waals surface area contributed by atoms with Gasteiger partial charge in [0.1, 0.15) is 6.10 Å². The number of carbonyl (C=O) groups is 2. The molecule has 4 fully saturated rings. The third-order valence-electron chi connectivity index (χ3n) is 11.7. The summed E-state index contributed by atoms with van der Waals surface area (Å²) in [7, 11) is 0. The highest BCUT2D eigenvalue weighted by Gasteiger charge is 2.66. The minimum atomic E-state index is -0.692. The molecule has 0 aromatic heterocycles. The molecule has 0 aromatic carbocycles. The van der Waals surface area contributed by atoms with Gasteiger partial charge in [0.05, 0.1) is 0 Å². The molecule has 3 unspecified atom stereocenters. The highest BCUT2D eigenvalue weighted by molar-refractivity contribution is 5.67. The van der Waals surface area contributed by atoms with Crippen molar-refractivity contribution in [2.24, 2.45) is 39.4 Å². The van der Waals surface area contributed by atoms with Crippen molar-refractivity contribution in [3.05, 3.63) is 11.1 Å². The van der Waals surface area contributed by atoms with Crippen molar-refractivity contribution in [2.75, 3.05) is 0 Å². The van der Waals surface area contributed by atoms with Crippen LogP contribution in [0, 0.1) is 39.4 Å². The van der Waals surface area contributed by atoms with Gasteiger partial charge in [0.25, 0.3) is 0 Å². The Kier molecular flexibility index (Phi) is 6.10. The zero-order valence-electron chi connectivity index (χ0n) is 22.1. The zero-order valence-corrected chi connectivity index (χ0v) is 22.1. The fraction of sp³-hybridized carbons (Fsp3) is 0.862. The van der Waals surface area contributed by atoms with Crippen LogP contribution in [0.25, 0.3) is 0 Å². The van der Waals surface area contributed by atoms with Crippen molar-refractivity contribution >= 4 is 11.9 Å². The fourth-order valence-electron chi connectivity index (χ4n) is 9.81. The molecule has 0 spiro atoms. The van der Waals surface area contributed by atoms with E-state index in [0.717, 1.165) is 31.1 Å². The number of aliphatic carboxylic acids is 1. The lowest BCUT2D eigenvalue weighted by atomic mass is 9.38. The SMILES string of the molecule is CC(=O)O[C@H]1CC[C@]2(C)C3CC[C@]4(C)/C(=C(\C)CCC(=O)O)CC[C@@]4(C)C3CCC2C1(C)C. The fourth-order valence-corrected chi connectivity index (χ4v) is 9.81. The van der Waals surface area contributed by atoms with Crippen LogP contribution in [0.3, 0.4) is 0 Å². The maximum absolute atomic E-state index is 11.8. The number of hydrogen-bond acceptors (Lipinski definition) is 3. The number of ether oxygens (including phenoxy) is 1. The van der Waals surface area contributed by atoms with E-state index in [4.69, 9.17) is 4.74 Å². The number of fused-ring (bicyclic) bond motifs is 5. The minimum absolute atomic E-state index is 0.0133. The monoisotopic (exact) mass is 458 g/mol. The van der Waals surface area contributed by atoms with Crippen molar-refractivity contribution in [1.29, 1.82) is 0 Å². The van der Waals surface area contributed by atoms with Crippen molar-refractivity contribution in [2.45, 2.75) is 119 Å². The van der Waals surface area contributed by atoms with Gasteiger partial charge in [0.15, 0.2) is 0 Å². The van der Waals surface area contributed by atoms with Crippen LogP contribution >= 0.6 is 0 Å². The Balaban J connectivity index is 1.63. The number of hydrogen-bond donors (Lipinski definition) is 1. The third-order valence-corrected chi connectivity index (χ3v) is 11.7. The van der Waals surface area contributed by atoms with Crippen molar-refractivity contribution < 1.29 is 19.4 Å². The minimum Gasteiger partial charge on any atom is -0.481 e. The van der Waals surface area contributed by atoms with Crippen LogP contribution in [-0.4, -0.2) is 23.1 Å². The number of carboxylic acids is 1. The molecule has 4 heteroatoms. The first kappa shape index (κ1) is 24.8. The molecule has 4 rings (SSSR count). The number of esters is 1. The zero-order chi connectivity index (χ0) is 24.4. The van der Waals surface area contributed by atoms with Crippen LogP contribution in [0.5, 0.6) is 0 Å². The second-order valence-electron chi connectivity index (χ2n) is 13.2. The summed E-state index contributed by atoms with van der Waals surface area (Å²) in [6.45, 7) is 16.1. The summed E-state index contributed by atoms with van der Waals surface area (Å²) in [5, 5.41) is 9.20. The summed E-state index contributed by atoms with van der Waals surface area (Å²) in [5.74, 6) is 1.21. The van der Waals surface area contributed by atoms with E-state index in [-0.39, 0.29) is 29.3 Å². The molecule has 7 atom stereocenters. The Morgan fingerprint density at radius 2 is 1.61 bits per heavy atom. The molecule has 0 aliphatic heterocycles. The summed E-state index contributed by atoms with van der Waals surface area (Å²) in [5.41, 5.74) is 3.73. The van der Waals surface area contributed by atoms with E-state index >= 15 is 0 Å². The van der Waals surface area contributed by atoms with Gasteiger partial charge in [-0.25, -0.2) is 0 Å². The van der Waals surface area contributed by atoms with Gasteiger partial charge in [0, 0.05) is 18.8 Å². The summed E-state index contributed by atoms with van der Waals surface area (Å²) in [4.78, 5) is 23.0. The quantitative estimate of drug-likeness (QED) is 0.358. The lowest BCUT2D eigenvalue weighted by Gasteiger charge is -2.67. The lowest BCUT2D eigenvalue weighted by molar-refractivity contribution is -0.203. The summed E-state index contributed by atoms with van der Waals surface area (Å²) < 4.78 is 5.84. The Hall–Kier alpha value is -1.32. The van der Waals surface area contributed by atoms with E-state index < -0.39 is 5.97 Å². The van der Waals surface area contributed by atoms with Gasteiger partial charge in [-0.3, -0.25) is 9.59 Å². The number of carboxylic acid groups (broad SMARTS) is 1. The largest absolute Gasteiger partial charge is 0.481 e. The van der Waals surface area contributed by atoms with E-state index in [1.54, 1.807) is 12.5 Å². The molecular formula is C29H46O4. The van der Waals surface area contributed by atoms with E-state index in [1.807, 2.05) is 0 Å². The van der Waals surface area contributed by atoms with E-state index in [9.17, 15) is 14.7 Å². The van der Waals surface area contributed by atoms with Crippen molar-refractivity contribution in [1.82, 2.24) is 0 Å². The van der Waals surface area contributed by atoms with E-state index in [0.29, 0.717) is 23.2 Å². The second kappa shape index (κ2) is 8.12. The Morgan fingerprint density at radius 1 is 0.909 bits per heavy atom. The van der Waals surface area contributed by atoms with Crippen LogP contribution < -0.4 is 0 Å². The highest BCUT2D eigenvalue weighted by atomic mass is 16.5. The second-order valence-corrected chi connectivity index (χ2v) is 13.2. The van der Waals surface area contributed by atoms with Crippen LogP contribution in [0.2, 0.25) is 0 Å². The Labute approximate surface area is 200 Å². The van der Waals surface area contributed by atoms with Gasteiger partial charge in [-0.1, -0.05) is 45.8 Å². The first-order chi connectivity index (χ1) is 15.3. The normalized spacial score (nSPS) is 45.4. The number of rotatable bonds is 4. The van der Waals surface area contributed by atoms with Crippen molar-refractivity contribution in [3.63, 3.8) is 0 Å². The Bertz CT molecular complexity index is 856. The van der Waals surface area contributed by atoms with Gasteiger partial charge in [-0.15, -0.1) is 0 Å². The van der Waals surface area contributed by atoms with E-state index in [1.165, 1.54) is 37.7 Å². The molecule has 4 nitrogen and oxygen atoms in total. The molecule has 4 aliphatic rings. The highest BCUT2D eigenvalue weighted by Crippen LogP contribution is 2.74. The van der Waals surface area contributed by atoms with Gasteiger partial charge in [0.2, 0.25) is 0 Å². The van der Waals surface area contributed by atoms with Crippen LogP contribution in [0.15, 0.2) is 11.1 Å². The van der Waals surface area contributed by atoms with Crippen molar-refractivity contribution in [3.8, 4) is 0 Å². The molecular weight excluding hydrogens is 412 g/mol. The average Bonchev–Trinajstić information content (AvgIpc) is 3.00. The molecule has 4 saturated carbocycles. The molecule has 33 heavy (non-hydrogen) atoms. The summed E-state index contributed by atoms with van der Waals surface area (Å²) >= 11 is 0. The first-order valence-electron chi connectivity index (χ1n) is 13.4. The molecule has 0 bridgehead atoms. The maximum Gasteiger partial charge on any atom is 0.303 e. The van der Waals surface area contributed by atoms with Gasteiger partial charge < -0.3 is 9.84 Å². The van der Waals surface area contributed by atoms with Gasteiger partial charge in [-0.2, -0.15) is 0 Å². The third kappa shape index (κ3) is 3.60. The standard InChI is InChI=1S/C29H46O4/c1-18(8-11-25(31)32)20-12-16-29(7)22-9-10-23-26(3,4)24(33-19(2)30)14-15-27(23,5)21(22)13-17-28(20,29)6/h21-24H,8-17H2,1-7H3,(H,31,32)/b20-18+/t21?,22?,23?,24-,27+,28+,29-/m0/s1. The smallest absolute Gasteiger partial charge is 0.303 e.